The van der Waals surface area contributed by atoms with E-state index in [-0.39, 0.29) is 5.54 Å². The van der Waals surface area contributed by atoms with Gasteiger partial charge in [0.1, 0.15) is 5.69 Å². The van der Waals surface area contributed by atoms with Crippen molar-refractivity contribution >= 4 is 27.7 Å². The van der Waals surface area contributed by atoms with Crippen LogP contribution in [0.4, 0.5) is 17.3 Å². The summed E-state index contributed by atoms with van der Waals surface area (Å²) in [6.45, 7) is 6.37. The zero-order valence-corrected chi connectivity index (χ0v) is 16.6. The number of nitrogens with zero attached hydrogens (tertiary/aromatic N) is 4. The van der Waals surface area contributed by atoms with Crippen molar-refractivity contribution in [2.45, 2.75) is 26.3 Å². The van der Waals surface area contributed by atoms with Crippen molar-refractivity contribution in [3.05, 3.63) is 36.7 Å². The van der Waals surface area contributed by atoms with Crippen LogP contribution in [0.5, 0.6) is 0 Å². The fourth-order valence-electron chi connectivity index (χ4n) is 1.89. The summed E-state index contributed by atoms with van der Waals surface area (Å²) in [5.41, 5.74) is 1.81. The lowest BCUT2D eigenvalue weighted by Gasteiger charge is -2.22. The minimum absolute atomic E-state index is 0.0126. The highest BCUT2D eigenvalue weighted by Crippen LogP contribution is 2.28. The quantitative estimate of drug-likeness (QED) is 0.377. The smallest absolute Gasteiger partial charge is 0.421 e. The number of aryl methyl sites for hydroxylation is 2. The van der Waals surface area contributed by atoms with Gasteiger partial charge in [-0.3, -0.25) is 4.18 Å². The molecule has 26 heavy (non-hydrogen) atoms. The average Bonchev–Trinajstić information content (AvgIpc) is 2.84. The van der Waals surface area contributed by atoms with Crippen LogP contribution in [0.1, 0.15) is 20.8 Å². The van der Waals surface area contributed by atoms with Crippen molar-refractivity contribution in [2.75, 3.05) is 12.4 Å². The molecule has 1 heterocycles. The fourth-order valence-corrected chi connectivity index (χ4v) is 1.89. The first-order valence-corrected chi connectivity index (χ1v) is 9.07. The lowest BCUT2D eigenvalue weighted by atomic mass is 10.1. The molecular formula is C16H25N5O4S. The van der Waals surface area contributed by atoms with Gasteiger partial charge in [0, 0.05) is 10.7 Å². The Balaban J connectivity index is 0.000000487. The van der Waals surface area contributed by atoms with Gasteiger partial charge in [0.15, 0.2) is 0 Å². The molecule has 0 aliphatic rings. The predicted molar refractivity (Wildman–Crippen MR) is 97.3 cm³/mol. The Hall–Kier alpha value is -2.30. The minimum Gasteiger partial charge on any atom is -0.726 e. The molecule has 2 rings (SSSR count). The maximum atomic E-state index is 9.22. The normalized spacial score (nSPS) is 12.0. The molecule has 0 atom stereocenters. The molecule has 0 fully saturated rings. The molecule has 0 radical (unpaired) electrons. The van der Waals surface area contributed by atoms with E-state index in [1.165, 1.54) is 0 Å². The van der Waals surface area contributed by atoms with E-state index in [2.05, 4.69) is 40.5 Å². The van der Waals surface area contributed by atoms with Gasteiger partial charge in [-0.05, 0) is 32.9 Å². The van der Waals surface area contributed by atoms with Crippen molar-refractivity contribution in [2.24, 2.45) is 24.3 Å². The maximum Gasteiger partial charge on any atom is 0.421 e. The molecule has 1 aromatic heterocycles. The first-order chi connectivity index (χ1) is 11.9. The minimum atomic E-state index is -4.41. The molecular weight excluding hydrogens is 358 g/mol. The Kier molecular flexibility index (Phi) is 7.42. The number of hydrogen-bond donors (Lipinski definition) is 1. The van der Waals surface area contributed by atoms with E-state index >= 15 is 0 Å². The largest absolute Gasteiger partial charge is 0.726 e. The summed E-state index contributed by atoms with van der Waals surface area (Å²) in [5, 5.41) is 12.2. The monoisotopic (exact) mass is 383 g/mol. The van der Waals surface area contributed by atoms with Crippen LogP contribution >= 0.6 is 0 Å². The van der Waals surface area contributed by atoms with Crippen molar-refractivity contribution in [1.82, 2.24) is 4.57 Å². The predicted octanol–water partition coefficient (Wildman–Crippen LogP) is 2.57. The Morgan fingerprint density at radius 3 is 2.27 bits per heavy atom. The SMILES string of the molecule is COS(=O)(=O)[O-].Cn1cc[n+](C)c1N=Nc1ccccc1NC(C)(C)C. The molecule has 10 heteroatoms. The van der Waals surface area contributed by atoms with E-state index in [1.54, 1.807) is 0 Å². The molecule has 0 saturated carbocycles. The van der Waals surface area contributed by atoms with E-state index < -0.39 is 10.4 Å². The summed E-state index contributed by atoms with van der Waals surface area (Å²) in [5.74, 6) is 0.801. The van der Waals surface area contributed by atoms with Crippen molar-refractivity contribution < 1.29 is 21.7 Å². The summed E-state index contributed by atoms with van der Waals surface area (Å²) in [7, 11) is 0.300. The Labute approximate surface area is 154 Å². The number of nitrogens with one attached hydrogen (secondary N) is 1. The van der Waals surface area contributed by atoms with Crippen LogP contribution in [0, 0.1) is 0 Å². The number of rotatable bonds is 4. The second-order valence-electron chi connectivity index (χ2n) is 6.49. The zero-order chi connectivity index (χ0) is 20.0. The summed E-state index contributed by atoms with van der Waals surface area (Å²) < 4.78 is 34.9. The lowest BCUT2D eigenvalue weighted by Crippen LogP contribution is -2.26. The summed E-state index contributed by atoms with van der Waals surface area (Å²) >= 11 is 0. The number of para-hydroxylation sites is 1. The van der Waals surface area contributed by atoms with Gasteiger partial charge < -0.3 is 9.87 Å². The molecule has 1 N–H and O–H groups in total. The maximum absolute atomic E-state index is 9.22. The van der Waals surface area contributed by atoms with Crippen LogP contribution in [0.25, 0.3) is 0 Å². The topological polar surface area (TPSA) is 112 Å². The first-order valence-electron chi connectivity index (χ1n) is 7.74. The van der Waals surface area contributed by atoms with Crippen LogP contribution in [-0.4, -0.2) is 30.2 Å². The number of azo groups is 1. The van der Waals surface area contributed by atoms with Crippen LogP contribution < -0.4 is 9.88 Å². The Morgan fingerprint density at radius 1 is 1.23 bits per heavy atom. The van der Waals surface area contributed by atoms with Crippen molar-refractivity contribution in [3.8, 4) is 0 Å². The van der Waals surface area contributed by atoms with Crippen LogP contribution in [0.15, 0.2) is 46.9 Å². The lowest BCUT2D eigenvalue weighted by molar-refractivity contribution is -0.657. The molecule has 0 unspecified atom stereocenters. The Morgan fingerprint density at radius 2 is 1.81 bits per heavy atom. The van der Waals surface area contributed by atoms with Gasteiger partial charge in [0.2, 0.25) is 10.4 Å². The molecule has 0 aliphatic carbocycles. The van der Waals surface area contributed by atoms with E-state index in [9.17, 15) is 13.0 Å². The van der Waals surface area contributed by atoms with Gasteiger partial charge in [-0.15, -0.1) is 0 Å². The summed E-state index contributed by atoms with van der Waals surface area (Å²) in [6.07, 6.45) is 3.90. The van der Waals surface area contributed by atoms with Crippen LogP contribution in [-0.2, 0) is 28.7 Å². The Bertz CT molecular complexity index is 834. The molecule has 0 aliphatic heterocycles. The molecule has 0 spiro atoms. The third kappa shape index (κ3) is 7.72. The third-order valence-electron chi connectivity index (χ3n) is 3.01. The standard InChI is InChI=1S/C15H21N5.CH4O4S/c1-15(2,3)16-12-8-6-7-9-13(12)17-18-14-19(4)10-11-20(14)5;1-5-6(2,3)4/h6-11H,1-5H3;1H3,(H,2,3,4). The second-order valence-corrected chi connectivity index (χ2v) is 7.64. The van der Waals surface area contributed by atoms with Crippen molar-refractivity contribution in [3.63, 3.8) is 0 Å². The number of hydrogen-bond acceptors (Lipinski definition) is 7. The van der Waals surface area contributed by atoms with Gasteiger partial charge >= 0.3 is 5.95 Å². The summed E-state index contributed by atoms with van der Waals surface area (Å²) in [6, 6.07) is 7.94. The number of aromatic nitrogens is 2. The highest BCUT2D eigenvalue weighted by molar-refractivity contribution is 7.80. The van der Waals surface area contributed by atoms with E-state index in [0.29, 0.717) is 0 Å². The van der Waals surface area contributed by atoms with Crippen molar-refractivity contribution in [1.29, 1.82) is 0 Å². The van der Waals surface area contributed by atoms with Crippen LogP contribution in [0.3, 0.4) is 0 Å². The summed E-state index contributed by atoms with van der Waals surface area (Å²) in [4.78, 5) is 0. The second kappa shape index (κ2) is 8.88. The fraction of sp³-hybridized carbons (Fsp3) is 0.438. The highest BCUT2D eigenvalue weighted by atomic mass is 32.3. The molecule has 0 amide bonds. The van der Waals surface area contributed by atoms with E-state index in [0.717, 1.165) is 24.4 Å². The van der Waals surface area contributed by atoms with E-state index in [1.807, 2.05) is 59.9 Å². The average molecular weight is 383 g/mol. The zero-order valence-electron chi connectivity index (χ0n) is 15.8. The highest BCUT2D eigenvalue weighted by Gasteiger charge is 2.14. The molecule has 0 bridgehead atoms. The van der Waals surface area contributed by atoms with E-state index in [4.69, 9.17) is 0 Å². The van der Waals surface area contributed by atoms with Gasteiger partial charge in [-0.25, -0.2) is 17.6 Å². The number of benzene rings is 1. The third-order valence-corrected chi connectivity index (χ3v) is 3.42. The van der Waals surface area contributed by atoms with Crippen LogP contribution in [0.2, 0.25) is 0 Å². The van der Waals surface area contributed by atoms with Gasteiger partial charge in [0.25, 0.3) is 0 Å². The molecule has 144 valence electrons. The molecule has 2 aromatic rings. The van der Waals surface area contributed by atoms with Gasteiger partial charge in [-0.2, -0.15) is 0 Å². The first kappa shape index (κ1) is 21.7. The number of anilines is 1. The molecule has 1 aromatic carbocycles. The molecule has 0 saturated heterocycles. The van der Waals surface area contributed by atoms with Gasteiger partial charge in [0.05, 0.1) is 39.3 Å². The molecule has 9 nitrogen and oxygen atoms in total. The number of imidazole rings is 1. The van der Waals surface area contributed by atoms with Gasteiger partial charge in [-0.1, -0.05) is 17.2 Å².